The van der Waals surface area contributed by atoms with Crippen LogP contribution in [0.15, 0.2) is 24.3 Å². The van der Waals surface area contributed by atoms with E-state index in [-0.39, 0.29) is 13.0 Å². The number of β-amino-alcohol motifs (C(OH)–C–C–N with tert-alkyl or cyclic N) is 1. The van der Waals surface area contributed by atoms with E-state index < -0.39 is 72.3 Å². The highest BCUT2D eigenvalue weighted by atomic mass is 16.5. The Balaban J connectivity index is 2.18. The van der Waals surface area contributed by atoms with Crippen molar-refractivity contribution in [2.45, 2.75) is 82.9 Å². The largest absolute Gasteiger partial charge is 0.464 e. The normalized spacial score (nSPS) is 25.4. The minimum atomic E-state index is -2.48. The molecule has 0 aliphatic carbocycles. The summed E-state index contributed by atoms with van der Waals surface area (Å²) in [5.74, 6) is -1.92. The van der Waals surface area contributed by atoms with Crippen molar-refractivity contribution in [1.29, 1.82) is 0 Å². The van der Waals surface area contributed by atoms with Crippen LogP contribution in [-0.2, 0) is 25.5 Å². The molecule has 1 unspecified atom stereocenters. The number of aliphatic hydroxyl groups excluding tert-OH is 3. The number of nitrogens with two attached hydrogens (primary N) is 1. The summed E-state index contributed by atoms with van der Waals surface area (Å²) >= 11 is 0. The number of carbonyl (C=O) groups is 3. The minimum absolute atomic E-state index is 0.00102. The molecule has 1 aliphatic rings. The van der Waals surface area contributed by atoms with Crippen molar-refractivity contribution in [3.05, 3.63) is 29.8 Å². The molecule has 0 saturated carbocycles. The van der Waals surface area contributed by atoms with Gasteiger partial charge in [-0.3, -0.25) is 9.59 Å². The summed E-state index contributed by atoms with van der Waals surface area (Å²) in [6.45, 7) is 5.34. The van der Waals surface area contributed by atoms with E-state index in [1.165, 1.54) is 0 Å². The predicted molar refractivity (Wildman–Crippen MR) is 137 cm³/mol. The number of hydrogen-bond acceptors (Lipinski definition) is 12. The minimum Gasteiger partial charge on any atom is -0.464 e. The Bertz CT molecular complexity index is 983. The van der Waals surface area contributed by atoms with Crippen LogP contribution in [0.3, 0.4) is 0 Å². The van der Waals surface area contributed by atoms with Gasteiger partial charge in [0.1, 0.15) is 29.6 Å². The number of ether oxygens (including phenoxy) is 2. The fraction of sp³-hybridized carbons (Fsp3) is 0.654. The monoisotopic (exact) mass is 555 g/mol. The van der Waals surface area contributed by atoms with Crippen LogP contribution in [0.25, 0.3) is 0 Å². The van der Waals surface area contributed by atoms with E-state index in [4.69, 9.17) is 15.2 Å². The molecule has 1 aliphatic heterocycles. The lowest BCUT2D eigenvalue weighted by Crippen LogP contribution is -2.74. The lowest BCUT2D eigenvalue weighted by Gasteiger charge is -2.48. The number of amides is 1. The highest BCUT2D eigenvalue weighted by Crippen LogP contribution is 2.29. The maximum absolute atomic E-state index is 13.0. The third-order valence-electron chi connectivity index (χ3n) is 6.54. The Morgan fingerprint density at radius 1 is 1.21 bits per heavy atom. The van der Waals surface area contributed by atoms with Gasteiger partial charge in [0.25, 0.3) is 0 Å². The maximum atomic E-state index is 13.0. The topological polar surface area (TPSA) is 212 Å². The standard InChI is InChI=1S/C26H41N3O10/c1-5-6-11-38-23(34)19(20-21(32)26(36,14-30)18(31)13-29(20)37)28-22(33)17(27)12-15-7-9-16(10-8-15)39-24(35)25(2,3)4/h7-10,17-21,30-32,36-37H,5-6,11-14,27H2,1-4H3,(H,28,33)/t17-,18-,19?,20-,21-,26-/m0/s1. The average molecular weight is 556 g/mol. The molecule has 8 N–H and O–H groups in total. The summed E-state index contributed by atoms with van der Waals surface area (Å²) in [5.41, 5.74) is 3.54. The van der Waals surface area contributed by atoms with Gasteiger partial charge >= 0.3 is 11.9 Å². The Hall–Kier alpha value is -2.65. The summed E-state index contributed by atoms with van der Waals surface area (Å²) in [4.78, 5) is 38.0. The maximum Gasteiger partial charge on any atom is 0.330 e. The summed E-state index contributed by atoms with van der Waals surface area (Å²) < 4.78 is 10.5. The summed E-state index contributed by atoms with van der Waals surface area (Å²) in [7, 11) is 0. The SMILES string of the molecule is CCCCOC(=O)C(NC(=O)[C@@H](N)Cc1ccc(OC(=O)C(C)(C)C)cc1)[C@H]1[C@H](O)[C@](O)(CO)[C@@H](O)CN1O. The first-order valence-corrected chi connectivity index (χ1v) is 12.8. The van der Waals surface area contributed by atoms with Crippen LogP contribution < -0.4 is 15.8 Å². The second-order valence-corrected chi connectivity index (χ2v) is 10.8. The van der Waals surface area contributed by atoms with Crippen LogP contribution in [0, 0.1) is 5.41 Å². The Morgan fingerprint density at radius 3 is 2.36 bits per heavy atom. The average Bonchev–Trinajstić information content (AvgIpc) is 2.87. The van der Waals surface area contributed by atoms with Crippen molar-refractivity contribution in [1.82, 2.24) is 10.4 Å². The number of carbonyl (C=O) groups excluding carboxylic acids is 3. The molecular formula is C26H41N3O10. The number of unbranched alkanes of at least 4 members (excludes halogenated alkanes) is 1. The van der Waals surface area contributed by atoms with Gasteiger partial charge < -0.3 is 46.2 Å². The van der Waals surface area contributed by atoms with Gasteiger partial charge in [-0.1, -0.05) is 25.5 Å². The molecule has 39 heavy (non-hydrogen) atoms. The first-order valence-electron chi connectivity index (χ1n) is 12.8. The Kier molecular flexibility index (Phi) is 11.4. The van der Waals surface area contributed by atoms with Crippen LogP contribution in [0.2, 0.25) is 0 Å². The molecule has 2 rings (SSSR count). The van der Waals surface area contributed by atoms with Crippen molar-refractivity contribution in [2.24, 2.45) is 11.1 Å². The molecule has 220 valence electrons. The van der Waals surface area contributed by atoms with Crippen molar-refractivity contribution in [3.63, 3.8) is 0 Å². The molecule has 13 heteroatoms. The van der Waals surface area contributed by atoms with Crippen LogP contribution in [0.4, 0.5) is 0 Å². The number of hydrogen-bond donors (Lipinski definition) is 7. The van der Waals surface area contributed by atoms with Crippen molar-refractivity contribution >= 4 is 17.8 Å². The van der Waals surface area contributed by atoms with Gasteiger partial charge in [-0.05, 0) is 51.3 Å². The predicted octanol–water partition coefficient (Wildman–Crippen LogP) is -1.15. The molecule has 1 aromatic carbocycles. The van der Waals surface area contributed by atoms with E-state index in [1.807, 2.05) is 6.92 Å². The molecule has 0 radical (unpaired) electrons. The third-order valence-corrected chi connectivity index (χ3v) is 6.54. The highest BCUT2D eigenvalue weighted by Gasteiger charge is 2.56. The fourth-order valence-corrected chi connectivity index (χ4v) is 3.92. The van der Waals surface area contributed by atoms with Gasteiger partial charge in [-0.15, -0.1) is 0 Å². The van der Waals surface area contributed by atoms with Gasteiger partial charge in [0.2, 0.25) is 5.91 Å². The van der Waals surface area contributed by atoms with Crippen molar-refractivity contribution in [2.75, 3.05) is 19.8 Å². The Morgan fingerprint density at radius 2 is 1.82 bits per heavy atom. The number of rotatable bonds is 11. The molecule has 1 heterocycles. The molecule has 1 amide bonds. The number of nitrogens with one attached hydrogen (secondary N) is 1. The molecule has 1 fully saturated rings. The van der Waals surface area contributed by atoms with E-state index in [0.717, 1.165) is 0 Å². The van der Waals surface area contributed by atoms with Gasteiger partial charge in [0.15, 0.2) is 0 Å². The van der Waals surface area contributed by atoms with Crippen molar-refractivity contribution in [3.8, 4) is 5.75 Å². The van der Waals surface area contributed by atoms with E-state index >= 15 is 0 Å². The third kappa shape index (κ3) is 8.18. The molecule has 0 bridgehead atoms. The molecular weight excluding hydrogens is 514 g/mol. The number of esters is 2. The van der Waals surface area contributed by atoms with Gasteiger partial charge in [0, 0.05) is 0 Å². The van der Waals surface area contributed by atoms with Crippen LogP contribution >= 0.6 is 0 Å². The zero-order chi connectivity index (χ0) is 29.5. The van der Waals surface area contributed by atoms with Gasteiger partial charge in [0.05, 0.1) is 37.3 Å². The number of piperidine rings is 1. The molecule has 0 aromatic heterocycles. The number of nitrogens with zero attached hydrogens (tertiary/aromatic N) is 1. The lowest BCUT2D eigenvalue weighted by atomic mass is 9.80. The quantitative estimate of drug-likeness (QED) is 0.0980. The molecule has 1 saturated heterocycles. The molecule has 0 spiro atoms. The van der Waals surface area contributed by atoms with Crippen molar-refractivity contribution < 1.29 is 49.5 Å². The van der Waals surface area contributed by atoms with Gasteiger partial charge in [-0.25, -0.2) is 4.79 Å². The van der Waals surface area contributed by atoms with Crippen LogP contribution in [0.1, 0.15) is 46.1 Å². The van der Waals surface area contributed by atoms with E-state index in [9.17, 15) is 40.0 Å². The number of aliphatic hydroxyl groups is 4. The fourth-order valence-electron chi connectivity index (χ4n) is 3.92. The number of benzene rings is 1. The molecule has 6 atom stereocenters. The highest BCUT2D eigenvalue weighted by molar-refractivity contribution is 5.88. The van der Waals surface area contributed by atoms with Gasteiger partial charge in [-0.2, -0.15) is 5.06 Å². The second kappa shape index (κ2) is 13.6. The summed E-state index contributed by atoms with van der Waals surface area (Å²) in [5, 5.41) is 54.3. The number of hydroxylamine groups is 2. The summed E-state index contributed by atoms with van der Waals surface area (Å²) in [6.07, 6.45) is -2.56. The zero-order valence-corrected chi connectivity index (χ0v) is 22.7. The smallest absolute Gasteiger partial charge is 0.330 e. The second-order valence-electron chi connectivity index (χ2n) is 10.8. The van der Waals surface area contributed by atoms with E-state index in [1.54, 1.807) is 45.0 Å². The first kappa shape index (κ1) is 32.6. The van der Waals surface area contributed by atoms with Crippen LogP contribution in [-0.4, -0.2) is 104 Å². The Labute approximate surface area is 227 Å². The first-order chi connectivity index (χ1) is 18.1. The van der Waals surface area contributed by atoms with E-state index in [0.29, 0.717) is 29.2 Å². The lowest BCUT2D eigenvalue weighted by molar-refractivity contribution is -0.281. The zero-order valence-electron chi connectivity index (χ0n) is 22.7. The molecule has 13 nitrogen and oxygen atoms in total. The van der Waals surface area contributed by atoms with Crippen LogP contribution in [0.5, 0.6) is 5.75 Å². The van der Waals surface area contributed by atoms with E-state index in [2.05, 4.69) is 5.32 Å². The molecule has 1 aromatic rings. The summed E-state index contributed by atoms with van der Waals surface area (Å²) in [6, 6.07) is 1.80.